The summed E-state index contributed by atoms with van der Waals surface area (Å²) in [5.41, 5.74) is 5.61. The molecule has 1 aromatic heterocycles. The standard InChI is InChI=1S/C9H13N3O3S/c1-14-6(13)3-4-16-9-7(15-2)8(10)11-5-12-9/h5H,3-4H2,1-2H3,(H2,10,11,12). The van der Waals surface area contributed by atoms with Crippen LogP contribution in [-0.2, 0) is 9.53 Å². The van der Waals surface area contributed by atoms with Crippen molar-refractivity contribution in [2.24, 2.45) is 0 Å². The quantitative estimate of drug-likeness (QED) is 0.463. The molecular weight excluding hydrogens is 230 g/mol. The van der Waals surface area contributed by atoms with Crippen LogP contribution in [0, 0.1) is 0 Å². The number of carbonyl (C=O) groups is 1. The molecule has 88 valence electrons. The van der Waals surface area contributed by atoms with E-state index < -0.39 is 0 Å². The molecular formula is C9H13N3O3S. The van der Waals surface area contributed by atoms with Crippen molar-refractivity contribution < 1.29 is 14.3 Å². The molecule has 6 nitrogen and oxygen atoms in total. The van der Waals surface area contributed by atoms with Crippen LogP contribution in [0.15, 0.2) is 11.4 Å². The van der Waals surface area contributed by atoms with Crippen molar-refractivity contribution in [3.05, 3.63) is 6.33 Å². The number of nitrogen functional groups attached to an aromatic ring is 1. The molecule has 0 aliphatic carbocycles. The Balaban J connectivity index is 2.60. The zero-order valence-electron chi connectivity index (χ0n) is 9.10. The van der Waals surface area contributed by atoms with Gasteiger partial charge in [-0.3, -0.25) is 4.79 Å². The van der Waals surface area contributed by atoms with E-state index in [1.54, 1.807) is 0 Å². The Kier molecular flexibility index (Phi) is 4.84. The third kappa shape index (κ3) is 3.27. The molecule has 0 aliphatic rings. The minimum Gasteiger partial charge on any atom is -0.490 e. The number of hydrogen-bond donors (Lipinski definition) is 1. The normalized spacial score (nSPS) is 9.88. The van der Waals surface area contributed by atoms with Gasteiger partial charge in [0.2, 0.25) is 0 Å². The molecule has 0 fully saturated rings. The SMILES string of the molecule is COC(=O)CCSc1ncnc(N)c1OC. The van der Waals surface area contributed by atoms with E-state index in [1.807, 2.05) is 0 Å². The van der Waals surface area contributed by atoms with E-state index >= 15 is 0 Å². The predicted octanol–water partition coefficient (Wildman–Crippen LogP) is 0.723. The Bertz CT molecular complexity index is 373. The van der Waals surface area contributed by atoms with E-state index in [9.17, 15) is 4.79 Å². The van der Waals surface area contributed by atoms with Crippen LogP contribution in [0.25, 0.3) is 0 Å². The molecule has 0 saturated heterocycles. The lowest BCUT2D eigenvalue weighted by molar-refractivity contribution is -0.140. The summed E-state index contributed by atoms with van der Waals surface area (Å²) in [5, 5.41) is 0.624. The smallest absolute Gasteiger partial charge is 0.306 e. The molecule has 0 spiro atoms. The average molecular weight is 243 g/mol. The number of rotatable bonds is 5. The first-order valence-corrected chi connectivity index (χ1v) is 5.51. The minimum atomic E-state index is -0.256. The summed E-state index contributed by atoms with van der Waals surface area (Å²) in [4.78, 5) is 18.7. The number of esters is 1. The van der Waals surface area contributed by atoms with Gasteiger partial charge >= 0.3 is 5.97 Å². The summed E-state index contributed by atoms with van der Waals surface area (Å²) in [6.45, 7) is 0. The van der Waals surface area contributed by atoms with Gasteiger partial charge in [-0.15, -0.1) is 11.8 Å². The summed E-state index contributed by atoms with van der Waals surface area (Å²) >= 11 is 1.37. The van der Waals surface area contributed by atoms with E-state index in [0.29, 0.717) is 22.9 Å². The third-order valence-electron chi connectivity index (χ3n) is 1.78. The number of anilines is 1. The fraction of sp³-hybridized carbons (Fsp3) is 0.444. The van der Waals surface area contributed by atoms with Gasteiger partial charge in [-0.1, -0.05) is 0 Å². The van der Waals surface area contributed by atoms with Crippen LogP contribution in [0.5, 0.6) is 5.75 Å². The lowest BCUT2D eigenvalue weighted by atomic mass is 10.5. The van der Waals surface area contributed by atoms with Crippen molar-refractivity contribution in [1.82, 2.24) is 9.97 Å². The zero-order chi connectivity index (χ0) is 12.0. The van der Waals surface area contributed by atoms with E-state index in [0.717, 1.165) is 0 Å². The topological polar surface area (TPSA) is 87.3 Å². The summed E-state index contributed by atoms with van der Waals surface area (Å²) in [7, 11) is 2.86. The van der Waals surface area contributed by atoms with Gasteiger partial charge in [0.15, 0.2) is 11.6 Å². The highest BCUT2D eigenvalue weighted by atomic mass is 32.2. The Morgan fingerprint density at radius 1 is 1.50 bits per heavy atom. The molecule has 0 bridgehead atoms. The Morgan fingerprint density at radius 3 is 2.88 bits per heavy atom. The second kappa shape index (κ2) is 6.16. The van der Waals surface area contributed by atoms with Crippen LogP contribution in [0.4, 0.5) is 5.82 Å². The molecule has 7 heteroatoms. The molecule has 0 saturated carbocycles. The van der Waals surface area contributed by atoms with Crippen LogP contribution in [0.1, 0.15) is 6.42 Å². The molecule has 1 heterocycles. The summed E-state index contributed by atoms with van der Waals surface area (Å²) in [6, 6.07) is 0. The number of ether oxygens (including phenoxy) is 2. The van der Waals surface area contributed by atoms with Crippen molar-refractivity contribution in [1.29, 1.82) is 0 Å². The first-order chi connectivity index (χ1) is 7.69. The fourth-order valence-corrected chi connectivity index (χ4v) is 1.90. The summed E-state index contributed by atoms with van der Waals surface area (Å²) in [6.07, 6.45) is 1.67. The second-order valence-corrected chi connectivity index (χ2v) is 3.86. The van der Waals surface area contributed by atoms with E-state index in [4.69, 9.17) is 10.5 Å². The number of nitrogens with two attached hydrogens (primary N) is 1. The highest BCUT2D eigenvalue weighted by molar-refractivity contribution is 7.99. The van der Waals surface area contributed by atoms with Gasteiger partial charge in [-0.05, 0) is 0 Å². The molecule has 2 N–H and O–H groups in total. The van der Waals surface area contributed by atoms with Gasteiger partial charge in [0.05, 0.1) is 20.6 Å². The van der Waals surface area contributed by atoms with Crippen molar-refractivity contribution in [3.8, 4) is 5.75 Å². The van der Waals surface area contributed by atoms with E-state index in [1.165, 1.54) is 32.3 Å². The van der Waals surface area contributed by atoms with Crippen LogP contribution in [0.2, 0.25) is 0 Å². The van der Waals surface area contributed by atoms with Crippen molar-refractivity contribution >= 4 is 23.5 Å². The highest BCUT2D eigenvalue weighted by Gasteiger charge is 2.10. The van der Waals surface area contributed by atoms with Crippen molar-refractivity contribution in [2.45, 2.75) is 11.4 Å². The molecule has 0 radical (unpaired) electrons. The number of nitrogens with zero attached hydrogens (tertiary/aromatic N) is 2. The number of hydrogen-bond acceptors (Lipinski definition) is 7. The van der Waals surface area contributed by atoms with Gasteiger partial charge in [0.25, 0.3) is 0 Å². The predicted molar refractivity (Wildman–Crippen MR) is 60.4 cm³/mol. The maximum atomic E-state index is 10.9. The molecule has 0 amide bonds. The molecule has 0 unspecified atom stereocenters. The van der Waals surface area contributed by atoms with Gasteiger partial charge in [-0.25, -0.2) is 9.97 Å². The Hall–Kier alpha value is -1.50. The molecule has 0 aromatic carbocycles. The Labute approximate surface area is 97.5 Å². The largest absolute Gasteiger partial charge is 0.490 e. The summed E-state index contributed by atoms with van der Waals surface area (Å²) < 4.78 is 9.60. The molecule has 1 rings (SSSR count). The fourth-order valence-electron chi connectivity index (χ4n) is 0.998. The number of aromatic nitrogens is 2. The van der Waals surface area contributed by atoms with Crippen LogP contribution < -0.4 is 10.5 Å². The lowest BCUT2D eigenvalue weighted by Gasteiger charge is -2.07. The number of methoxy groups -OCH3 is 2. The maximum absolute atomic E-state index is 10.9. The minimum absolute atomic E-state index is 0.256. The lowest BCUT2D eigenvalue weighted by Crippen LogP contribution is -2.02. The molecule has 0 aliphatic heterocycles. The maximum Gasteiger partial charge on any atom is 0.306 e. The van der Waals surface area contributed by atoms with Crippen molar-refractivity contribution in [2.75, 3.05) is 25.7 Å². The Morgan fingerprint density at radius 2 is 2.25 bits per heavy atom. The van der Waals surface area contributed by atoms with E-state index in [-0.39, 0.29) is 11.8 Å². The molecule has 0 atom stereocenters. The van der Waals surface area contributed by atoms with Crippen LogP contribution >= 0.6 is 11.8 Å². The third-order valence-corrected chi connectivity index (χ3v) is 2.75. The monoisotopic (exact) mass is 243 g/mol. The van der Waals surface area contributed by atoms with Crippen molar-refractivity contribution in [3.63, 3.8) is 0 Å². The zero-order valence-corrected chi connectivity index (χ0v) is 9.91. The average Bonchev–Trinajstić information content (AvgIpc) is 2.29. The first kappa shape index (κ1) is 12.6. The number of thioether (sulfide) groups is 1. The van der Waals surface area contributed by atoms with Crippen LogP contribution in [-0.4, -0.2) is 35.9 Å². The van der Waals surface area contributed by atoms with Gasteiger partial charge in [0.1, 0.15) is 11.4 Å². The molecule has 1 aromatic rings. The van der Waals surface area contributed by atoms with E-state index in [2.05, 4.69) is 14.7 Å². The van der Waals surface area contributed by atoms with Gasteiger partial charge < -0.3 is 15.2 Å². The van der Waals surface area contributed by atoms with Gasteiger partial charge in [-0.2, -0.15) is 0 Å². The number of carbonyl (C=O) groups excluding carboxylic acids is 1. The van der Waals surface area contributed by atoms with Crippen LogP contribution in [0.3, 0.4) is 0 Å². The molecule has 16 heavy (non-hydrogen) atoms. The first-order valence-electron chi connectivity index (χ1n) is 4.53. The second-order valence-electron chi connectivity index (χ2n) is 2.77. The highest BCUT2D eigenvalue weighted by Crippen LogP contribution is 2.30. The summed E-state index contributed by atoms with van der Waals surface area (Å²) in [5.74, 6) is 1.03. The van der Waals surface area contributed by atoms with Gasteiger partial charge in [0, 0.05) is 5.75 Å².